The van der Waals surface area contributed by atoms with Gasteiger partial charge in [0.05, 0.1) is 25.0 Å². The minimum Gasteiger partial charge on any atom is -0.398 e. The Morgan fingerprint density at radius 1 is 1.19 bits per heavy atom. The predicted molar refractivity (Wildman–Crippen MR) is 116 cm³/mol. The van der Waals surface area contributed by atoms with Gasteiger partial charge >= 0.3 is 0 Å². The highest BCUT2D eigenvalue weighted by molar-refractivity contribution is 6.54. The van der Waals surface area contributed by atoms with E-state index in [0.29, 0.717) is 12.2 Å². The van der Waals surface area contributed by atoms with Gasteiger partial charge in [0.1, 0.15) is 12.8 Å². The highest BCUT2D eigenvalue weighted by Crippen LogP contribution is 2.30. The third kappa shape index (κ3) is 4.40. The molecule has 0 atom stereocenters. The lowest BCUT2D eigenvalue weighted by molar-refractivity contribution is -0.124. The van der Waals surface area contributed by atoms with Crippen molar-refractivity contribution >= 4 is 29.3 Å². The number of amides is 2. The lowest BCUT2D eigenvalue weighted by atomic mass is 10.1. The number of benzene rings is 2. The first-order valence-corrected chi connectivity index (χ1v) is 9.71. The summed E-state index contributed by atoms with van der Waals surface area (Å²) in [7, 11) is 1.41. The molecule has 162 valence electrons. The fraction of sp³-hybridized carbons (Fsp3) is 0.136. The van der Waals surface area contributed by atoms with Gasteiger partial charge in [0, 0.05) is 11.6 Å². The van der Waals surface area contributed by atoms with Crippen LogP contribution in [0, 0.1) is 0 Å². The van der Waals surface area contributed by atoms with Gasteiger partial charge < -0.3 is 9.74 Å². The van der Waals surface area contributed by atoms with Crippen molar-refractivity contribution in [1.82, 2.24) is 20.5 Å². The van der Waals surface area contributed by atoms with Gasteiger partial charge in [-0.15, -0.1) is 5.10 Å². The number of para-hydroxylation sites is 1. The van der Waals surface area contributed by atoms with E-state index in [1.807, 2.05) is 48.5 Å². The number of nitrogens with zero attached hydrogens (tertiary/aromatic N) is 5. The molecule has 3 aromatic rings. The van der Waals surface area contributed by atoms with Crippen molar-refractivity contribution in [3.63, 3.8) is 0 Å². The van der Waals surface area contributed by atoms with Crippen molar-refractivity contribution in [2.75, 3.05) is 12.0 Å². The zero-order chi connectivity index (χ0) is 22.5. The molecule has 1 aliphatic heterocycles. The Labute approximate surface area is 183 Å². The Hall–Kier alpha value is -4.31. The average Bonchev–Trinajstić information content (AvgIpc) is 3.36. The fourth-order valence-corrected chi connectivity index (χ4v) is 3.38. The Morgan fingerprint density at radius 2 is 1.97 bits per heavy atom. The molecular weight excluding hydrogens is 412 g/mol. The van der Waals surface area contributed by atoms with Crippen LogP contribution in [0.5, 0.6) is 0 Å². The fourth-order valence-electron chi connectivity index (χ4n) is 3.38. The zero-order valence-electron chi connectivity index (χ0n) is 17.2. The normalized spacial score (nSPS) is 14.2. The Bertz CT molecular complexity index is 1200. The van der Waals surface area contributed by atoms with Crippen molar-refractivity contribution in [3.05, 3.63) is 83.2 Å². The van der Waals surface area contributed by atoms with Gasteiger partial charge in [-0.25, -0.2) is 10.2 Å². The molecule has 0 saturated heterocycles. The van der Waals surface area contributed by atoms with Crippen LogP contribution in [0.15, 0.2) is 66.0 Å². The standard InChI is InChI=1S/C22H20N6O4/c1-32-25-21-18-4-2-3-5-19(18)28(22(21)30)14-17-13-27(26-23-17)12-16-8-6-15(7-9-16)10-11-20(29)24-31/h2-11,13,31H,12,14H2,1H3,(H,24,29)/b11-10+,25-21?. The van der Waals surface area contributed by atoms with E-state index in [1.165, 1.54) is 13.2 Å². The van der Waals surface area contributed by atoms with E-state index in [2.05, 4.69) is 15.5 Å². The Morgan fingerprint density at radius 3 is 2.72 bits per heavy atom. The minimum atomic E-state index is -0.594. The van der Waals surface area contributed by atoms with E-state index < -0.39 is 5.91 Å². The number of carbonyl (C=O) groups excluding carboxylic acids is 2. The molecular formula is C22H20N6O4. The second kappa shape index (κ2) is 9.23. The van der Waals surface area contributed by atoms with Crippen LogP contribution in [0.4, 0.5) is 5.69 Å². The van der Waals surface area contributed by atoms with Crippen molar-refractivity contribution in [3.8, 4) is 0 Å². The molecule has 2 amide bonds. The Balaban J connectivity index is 1.45. The van der Waals surface area contributed by atoms with Crippen LogP contribution in [0.3, 0.4) is 0 Å². The SMILES string of the molecule is CON=C1C(=O)N(Cc2cn(Cc3ccc(/C=C/C(=O)NO)cc3)nn2)c2ccccc21. The van der Waals surface area contributed by atoms with Gasteiger partial charge in [0.2, 0.25) is 0 Å². The molecule has 0 radical (unpaired) electrons. The van der Waals surface area contributed by atoms with Crippen molar-refractivity contribution in [2.45, 2.75) is 13.1 Å². The average molecular weight is 432 g/mol. The highest BCUT2D eigenvalue weighted by atomic mass is 16.6. The first kappa shape index (κ1) is 20.9. The van der Waals surface area contributed by atoms with Gasteiger partial charge in [-0.3, -0.25) is 14.8 Å². The second-order valence-corrected chi connectivity index (χ2v) is 6.99. The first-order valence-electron chi connectivity index (χ1n) is 9.71. The third-order valence-corrected chi connectivity index (χ3v) is 4.85. The molecule has 0 bridgehead atoms. The van der Waals surface area contributed by atoms with Gasteiger partial charge in [-0.1, -0.05) is 52.8 Å². The number of oxime groups is 1. The van der Waals surface area contributed by atoms with E-state index in [-0.39, 0.29) is 18.2 Å². The van der Waals surface area contributed by atoms with Crippen LogP contribution in [0.1, 0.15) is 22.4 Å². The van der Waals surface area contributed by atoms with E-state index in [9.17, 15) is 9.59 Å². The summed E-state index contributed by atoms with van der Waals surface area (Å²) >= 11 is 0. The van der Waals surface area contributed by atoms with Gasteiger partial charge in [0.15, 0.2) is 5.71 Å². The minimum absolute atomic E-state index is 0.249. The summed E-state index contributed by atoms with van der Waals surface area (Å²) in [5.74, 6) is -0.843. The number of nitrogens with one attached hydrogen (secondary N) is 1. The highest BCUT2D eigenvalue weighted by Gasteiger charge is 2.34. The predicted octanol–water partition coefficient (Wildman–Crippen LogP) is 1.74. The van der Waals surface area contributed by atoms with Gasteiger partial charge in [0.25, 0.3) is 11.8 Å². The summed E-state index contributed by atoms with van der Waals surface area (Å²) in [6.45, 7) is 0.754. The molecule has 2 N–H and O–H groups in total. The van der Waals surface area contributed by atoms with Crippen molar-refractivity contribution in [2.24, 2.45) is 5.16 Å². The molecule has 10 nitrogen and oxygen atoms in total. The maximum atomic E-state index is 12.8. The molecule has 1 aromatic heterocycles. The lowest BCUT2D eigenvalue weighted by Gasteiger charge is -2.14. The van der Waals surface area contributed by atoms with E-state index in [0.717, 1.165) is 22.4 Å². The number of hydrogen-bond acceptors (Lipinski definition) is 7. The topological polar surface area (TPSA) is 122 Å². The van der Waals surface area contributed by atoms with Gasteiger partial charge in [-0.2, -0.15) is 0 Å². The van der Waals surface area contributed by atoms with Crippen molar-refractivity contribution in [1.29, 1.82) is 0 Å². The van der Waals surface area contributed by atoms with Gasteiger partial charge in [-0.05, 0) is 23.3 Å². The summed E-state index contributed by atoms with van der Waals surface area (Å²) < 4.78 is 1.69. The molecule has 32 heavy (non-hydrogen) atoms. The summed E-state index contributed by atoms with van der Waals surface area (Å²) in [4.78, 5) is 30.3. The lowest BCUT2D eigenvalue weighted by Crippen LogP contribution is -2.29. The number of anilines is 1. The van der Waals surface area contributed by atoms with Crippen LogP contribution >= 0.6 is 0 Å². The number of rotatable bonds is 7. The van der Waals surface area contributed by atoms with Crippen LogP contribution in [0.2, 0.25) is 0 Å². The molecule has 2 heterocycles. The van der Waals surface area contributed by atoms with Crippen LogP contribution in [0.25, 0.3) is 6.08 Å². The summed E-state index contributed by atoms with van der Waals surface area (Å²) in [6.07, 6.45) is 4.62. The zero-order valence-corrected chi connectivity index (χ0v) is 17.2. The molecule has 0 fully saturated rings. The number of hydrogen-bond donors (Lipinski definition) is 2. The number of hydroxylamine groups is 1. The summed E-state index contributed by atoms with van der Waals surface area (Å²) in [5, 5.41) is 20.8. The molecule has 10 heteroatoms. The summed E-state index contributed by atoms with van der Waals surface area (Å²) in [5.41, 5.74) is 5.72. The maximum absolute atomic E-state index is 12.8. The number of fused-ring (bicyclic) bond motifs is 1. The Kier molecular flexibility index (Phi) is 6.04. The smallest absolute Gasteiger partial charge is 0.281 e. The maximum Gasteiger partial charge on any atom is 0.281 e. The summed E-state index contributed by atoms with van der Waals surface area (Å²) in [6, 6.07) is 14.9. The number of aromatic nitrogens is 3. The molecule has 4 rings (SSSR count). The molecule has 0 aliphatic carbocycles. The molecule has 2 aromatic carbocycles. The molecule has 1 aliphatic rings. The largest absolute Gasteiger partial charge is 0.398 e. The van der Waals surface area contributed by atoms with Crippen molar-refractivity contribution < 1.29 is 19.6 Å². The van der Waals surface area contributed by atoms with Crippen LogP contribution in [-0.2, 0) is 27.5 Å². The van der Waals surface area contributed by atoms with Crippen LogP contribution in [-0.4, -0.2) is 44.8 Å². The monoisotopic (exact) mass is 432 g/mol. The quantitative estimate of drug-likeness (QED) is 0.333. The number of carbonyl (C=O) groups is 2. The first-order chi connectivity index (χ1) is 15.6. The third-order valence-electron chi connectivity index (χ3n) is 4.85. The molecule has 0 spiro atoms. The van der Waals surface area contributed by atoms with E-state index >= 15 is 0 Å². The molecule has 0 unspecified atom stereocenters. The van der Waals surface area contributed by atoms with E-state index in [4.69, 9.17) is 10.0 Å². The second-order valence-electron chi connectivity index (χ2n) is 6.99. The molecule has 0 saturated carbocycles. The van der Waals surface area contributed by atoms with Crippen LogP contribution < -0.4 is 10.4 Å². The van der Waals surface area contributed by atoms with E-state index in [1.54, 1.807) is 27.3 Å².